The number of ether oxygens (including phenoxy) is 2. The van der Waals surface area contributed by atoms with E-state index in [0.717, 1.165) is 5.56 Å². The highest BCUT2D eigenvalue weighted by atomic mass is 16.6. The lowest BCUT2D eigenvalue weighted by molar-refractivity contribution is -0.163. The van der Waals surface area contributed by atoms with E-state index in [9.17, 15) is 9.59 Å². The van der Waals surface area contributed by atoms with Crippen LogP contribution in [0.5, 0.6) is 0 Å². The van der Waals surface area contributed by atoms with Crippen molar-refractivity contribution in [3.63, 3.8) is 0 Å². The molecule has 1 aromatic rings. The van der Waals surface area contributed by atoms with E-state index in [1.807, 2.05) is 44.2 Å². The van der Waals surface area contributed by atoms with Crippen LogP contribution in [-0.4, -0.2) is 49.7 Å². The van der Waals surface area contributed by atoms with Gasteiger partial charge in [0.15, 0.2) is 6.10 Å². The van der Waals surface area contributed by atoms with Gasteiger partial charge in [0.25, 0.3) is 0 Å². The van der Waals surface area contributed by atoms with Crippen LogP contribution >= 0.6 is 0 Å². The number of carbonyl (C=O) groups excluding carboxylic acids is 2. The topological polar surface area (TPSA) is 55.8 Å². The SMILES string of the molecule is COC(=O)C1CN(C(=O)C(C)(C)c2ccccc2)CCO1. The van der Waals surface area contributed by atoms with Crippen LogP contribution in [0.3, 0.4) is 0 Å². The second kappa shape index (κ2) is 6.26. The second-order valence-electron chi connectivity index (χ2n) is 5.62. The number of carbonyl (C=O) groups is 2. The first-order valence-electron chi connectivity index (χ1n) is 7.01. The van der Waals surface area contributed by atoms with Gasteiger partial charge in [-0.2, -0.15) is 0 Å². The fourth-order valence-corrected chi connectivity index (χ4v) is 2.48. The van der Waals surface area contributed by atoms with Crippen LogP contribution < -0.4 is 0 Å². The maximum absolute atomic E-state index is 12.8. The molecule has 0 aliphatic carbocycles. The minimum absolute atomic E-state index is 0.00842. The fourth-order valence-electron chi connectivity index (χ4n) is 2.48. The van der Waals surface area contributed by atoms with Gasteiger partial charge in [0.05, 0.1) is 25.7 Å². The van der Waals surface area contributed by atoms with Crippen molar-refractivity contribution in [2.45, 2.75) is 25.4 Å². The van der Waals surface area contributed by atoms with Crippen LogP contribution in [0, 0.1) is 0 Å². The van der Waals surface area contributed by atoms with Gasteiger partial charge in [-0.25, -0.2) is 4.79 Å². The first kappa shape index (κ1) is 15.5. The summed E-state index contributed by atoms with van der Waals surface area (Å²) in [5, 5.41) is 0. The van der Waals surface area contributed by atoms with Crippen molar-refractivity contribution in [3.8, 4) is 0 Å². The number of benzene rings is 1. The number of methoxy groups -OCH3 is 1. The number of hydrogen-bond acceptors (Lipinski definition) is 4. The molecule has 1 fully saturated rings. The zero-order valence-electron chi connectivity index (χ0n) is 12.7. The highest BCUT2D eigenvalue weighted by molar-refractivity contribution is 5.88. The third-order valence-electron chi connectivity index (χ3n) is 3.85. The average Bonchev–Trinajstić information content (AvgIpc) is 2.54. The second-order valence-corrected chi connectivity index (χ2v) is 5.62. The molecule has 1 heterocycles. The molecule has 1 saturated heterocycles. The summed E-state index contributed by atoms with van der Waals surface area (Å²) in [7, 11) is 1.32. The van der Waals surface area contributed by atoms with E-state index in [1.54, 1.807) is 4.90 Å². The quantitative estimate of drug-likeness (QED) is 0.789. The van der Waals surface area contributed by atoms with E-state index in [0.29, 0.717) is 13.2 Å². The van der Waals surface area contributed by atoms with Crippen LogP contribution in [0.1, 0.15) is 19.4 Å². The molecule has 0 aromatic heterocycles. The molecular formula is C16H21NO4. The largest absolute Gasteiger partial charge is 0.467 e. The Hall–Kier alpha value is -1.88. The summed E-state index contributed by atoms with van der Waals surface area (Å²) in [5.74, 6) is -0.448. The van der Waals surface area contributed by atoms with Gasteiger partial charge >= 0.3 is 5.97 Å². The minimum Gasteiger partial charge on any atom is -0.467 e. The van der Waals surface area contributed by atoms with Gasteiger partial charge < -0.3 is 14.4 Å². The summed E-state index contributed by atoms with van der Waals surface area (Å²) in [6.07, 6.45) is -0.695. The van der Waals surface area contributed by atoms with Gasteiger partial charge in [0, 0.05) is 6.54 Å². The molecule has 1 aromatic carbocycles. The molecule has 5 nitrogen and oxygen atoms in total. The maximum Gasteiger partial charge on any atom is 0.336 e. The molecule has 0 bridgehead atoms. The lowest BCUT2D eigenvalue weighted by atomic mass is 9.83. The van der Waals surface area contributed by atoms with E-state index in [1.165, 1.54) is 7.11 Å². The van der Waals surface area contributed by atoms with E-state index in [4.69, 9.17) is 4.74 Å². The Morgan fingerprint density at radius 2 is 1.95 bits per heavy atom. The normalized spacial score (nSPS) is 19.2. The lowest BCUT2D eigenvalue weighted by Crippen LogP contribution is -2.53. The predicted molar refractivity (Wildman–Crippen MR) is 77.8 cm³/mol. The molecule has 0 saturated carbocycles. The maximum atomic E-state index is 12.8. The predicted octanol–water partition coefficient (Wildman–Crippen LogP) is 1.36. The Labute approximate surface area is 124 Å². The van der Waals surface area contributed by atoms with Crippen LogP contribution in [0.25, 0.3) is 0 Å². The van der Waals surface area contributed by atoms with Crippen LogP contribution in [-0.2, 0) is 24.5 Å². The van der Waals surface area contributed by atoms with Crippen molar-refractivity contribution in [1.82, 2.24) is 4.90 Å². The number of nitrogens with zero attached hydrogens (tertiary/aromatic N) is 1. The highest BCUT2D eigenvalue weighted by Gasteiger charge is 2.37. The average molecular weight is 291 g/mol. The number of amides is 1. The molecule has 2 rings (SSSR count). The zero-order valence-corrected chi connectivity index (χ0v) is 12.7. The van der Waals surface area contributed by atoms with Crippen molar-refractivity contribution >= 4 is 11.9 Å². The summed E-state index contributed by atoms with van der Waals surface area (Å²) < 4.78 is 10.0. The van der Waals surface area contributed by atoms with Crippen LogP contribution in [0.4, 0.5) is 0 Å². The first-order chi connectivity index (χ1) is 9.96. The fraction of sp³-hybridized carbons (Fsp3) is 0.500. The monoisotopic (exact) mass is 291 g/mol. The van der Waals surface area contributed by atoms with Crippen LogP contribution in [0.2, 0.25) is 0 Å². The summed E-state index contributed by atoms with van der Waals surface area (Å²) in [4.78, 5) is 26.0. The molecule has 0 N–H and O–H groups in total. The highest BCUT2D eigenvalue weighted by Crippen LogP contribution is 2.26. The Bertz CT molecular complexity index is 512. The van der Waals surface area contributed by atoms with Gasteiger partial charge in [0.1, 0.15) is 0 Å². The molecular weight excluding hydrogens is 270 g/mol. The zero-order chi connectivity index (χ0) is 15.5. The van der Waals surface area contributed by atoms with E-state index < -0.39 is 17.5 Å². The third-order valence-corrected chi connectivity index (χ3v) is 3.85. The van der Waals surface area contributed by atoms with Gasteiger partial charge in [0.2, 0.25) is 5.91 Å². The Morgan fingerprint density at radius 1 is 1.29 bits per heavy atom. The molecule has 1 amide bonds. The summed E-state index contributed by atoms with van der Waals surface area (Å²) >= 11 is 0. The van der Waals surface area contributed by atoms with E-state index >= 15 is 0 Å². The van der Waals surface area contributed by atoms with E-state index in [2.05, 4.69) is 4.74 Å². The van der Waals surface area contributed by atoms with E-state index in [-0.39, 0.29) is 12.5 Å². The molecule has 114 valence electrons. The lowest BCUT2D eigenvalue weighted by Gasteiger charge is -2.37. The smallest absolute Gasteiger partial charge is 0.336 e. The summed E-state index contributed by atoms with van der Waals surface area (Å²) in [5.41, 5.74) is 0.315. The summed E-state index contributed by atoms with van der Waals surface area (Å²) in [6.45, 7) is 4.86. The van der Waals surface area contributed by atoms with Crippen molar-refractivity contribution in [3.05, 3.63) is 35.9 Å². The molecule has 0 radical (unpaired) electrons. The third kappa shape index (κ3) is 3.24. The van der Waals surface area contributed by atoms with Crippen molar-refractivity contribution in [2.24, 2.45) is 0 Å². The van der Waals surface area contributed by atoms with Gasteiger partial charge in [-0.1, -0.05) is 30.3 Å². The molecule has 1 aliphatic rings. The molecule has 1 atom stereocenters. The molecule has 1 aliphatic heterocycles. The van der Waals surface area contributed by atoms with Crippen molar-refractivity contribution in [1.29, 1.82) is 0 Å². The Morgan fingerprint density at radius 3 is 2.57 bits per heavy atom. The number of morpholine rings is 1. The van der Waals surface area contributed by atoms with Crippen molar-refractivity contribution < 1.29 is 19.1 Å². The Balaban J connectivity index is 2.14. The number of rotatable bonds is 3. The molecule has 0 spiro atoms. The Kier molecular flexibility index (Phi) is 4.63. The molecule has 5 heteroatoms. The minimum atomic E-state index is -0.695. The number of hydrogen-bond donors (Lipinski definition) is 0. The molecule has 21 heavy (non-hydrogen) atoms. The van der Waals surface area contributed by atoms with Gasteiger partial charge in [-0.15, -0.1) is 0 Å². The molecule has 1 unspecified atom stereocenters. The van der Waals surface area contributed by atoms with Crippen LogP contribution in [0.15, 0.2) is 30.3 Å². The standard InChI is InChI=1S/C16H21NO4/c1-16(2,12-7-5-4-6-8-12)15(19)17-9-10-21-13(11-17)14(18)20-3/h4-8,13H,9-11H2,1-3H3. The first-order valence-corrected chi connectivity index (χ1v) is 7.01. The summed E-state index contributed by atoms with van der Waals surface area (Å²) in [6, 6.07) is 9.64. The van der Waals surface area contributed by atoms with Gasteiger partial charge in [-0.3, -0.25) is 4.79 Å². The van der Waals surface area contributed by atoms with Crippen molar-refractivity contribution in [2.75, 3.05) is 26.8 Å². The van der Waals surface area contributed by atoms with Gasteiger partial charge in [-0.05, 0) is 19.4 Å². The number of esters is 1.